The Morgan fingerprint density at radius 2 is 1.88 bits per heavy atom. The standard InChI is InChI=1S/C13H22N2O2/c1-12(2,3)17-11(16)15-7-10(8-15)6-13(4,5)9-14/h10H,6-8H2,1-5H3. The predicted octanol–water partition coefficient (Wildman–Crippen LogP) is 2.79. The molecule has 0 radical (unpaired) electrons. The average molecular weight is 238 g/mol. The second kappa shape index (κ2) is 4.56. The minimum atomic E-state index is -0.436. The SMILES string of the molecule is CC(C)(C#N)CC1CN(C(=O)OC(C)(C)C)C1. The normalized spacial score (nSPS) is 17.3. The monoisotopic (exact) mass is 238 g/mol. The van der Waals surface area contributed by atoms with E-state index in [-0.39, 0.29) is 11.5 Å². The molecule has 4 heteroatoms. The van der Waals surface area contributed by atoms with Gasteiger partial charge < -0.3 is 9.64 Å². The van der Waals surface area contributed by atoms with Crippen molar-refractivity contribution in [3.05, 3.63) is 0 Å². The topological polar surface area (TPSA) is 53.3 Å². The van der Waals surface area contributed by atoms with Crippen molar-refractivity contribution >= 4 is 6.09 Å². The molecule has 0 aromatic carbocycles. The maximum absolute atomic E-state index is 11.7. The van der Waals surface area contributed by atoms with Crippen molar-refractivity contribution in [3.8, 4) is 6.07 Å². The Morgan fingerprint density at radius 3 is 2.29 bits per heavy atom. The molecular formula is C13H22N2O2. The molecule has 1 saturated heterocycles. The van der Waals surface area contributed by atoms with Crippen LogP contribution in [0.25, 0.3) is 0 Å². The van der Waals surface area contributed by atoms with Crippen LogP contribution in [0, 0.1) is 22.7 Å². The summed E-state index contributed by atoms with van der Waals surface area (Å²) in [6.45, 7) is 10.9. The highest BCUT2D eigenvalue weighted by atomic mass is 16.6. The van der Waals surface area contributed by atoms with Crippen molar-refractivity contribution in [3.63, 3.8) is 0 Å². The quantitative estimate of drug-likeness (QED) is 0.743. The molecule has 0 saturated carbocycles. The molecule has 0 aromatic rings. The summed E-state index contributed by atoms with van der Waals surface area (Å²) in [6.07, 6.45) is 0.589. The highest BCUT2D eigenvalue weighted by Crippen LogP contribution is 2.30. The lowest BCUT2D eigenvalue weighted by molar-refractivity contribution is -0.00557. The summed E-state index contributed by atoms with van der Waals surface area (Å²) in [5, 5.41) is 8.94. The van der Waals surface area contributed by atoms with E-state index >= 15 is 0 Å². The van der Waals surface area contributed by atoms with E-state index in [2.05, 4.69) is 6.07 Å². The molecule has 1 aliphatic heterocycles. The van der Waals surface area contributed by atoms with Crippen LogP contribution < -0.4 is 0 Å². The van der Waals surface area contributed by atoms with Crippen molar-refractivity contribution in [2.75, 3.05) is 13.1 Å². The van der Waals surface area contributed by atoms with E-state index in [9.17, 15) is 4.79 Å². The lowest BCUT2D eigenvalue weighted by Gasteiger charge is -2.41. The van der Waals surface area contributed by atoms with E-state index in [1.165, 1.54) is 0 Å². The summed E-state index contributed by atoms with van der Waals surface area (Å²) in [7, 11) is 0. The summed E-state index contributed by atoms with van der Waals surface area (Å²) >= 11 is 0. The smallest absolute Gasteiger partial charge is 0.410 e. The first-order chi connectivity index (χ1) is 7.63. The van der Waals surface area contributed by atoms with Crippen LogP contribution in [0.2, 0.25) is 0 Å². The maximum atomic E-state index is 11.7. The minimum Gasteiger partial charge on any atom is -0.444 e. The van der Waals surface area contributed by atoms with Crippen LogP contribution in [0.4, 0.5) is 4.79 Å². The van der Waals surface area contributed by atoms with Gasteiger partial charge in [-0.3, -0.25) is 0 Å². The minimum absolute atomic E-state index is 0.247. The van der Waals surface area contributed by atoms with Crippen LogP contribution in [0.15, 0.2) is 0 Å². The maximum Gasteiger partial charge on any atom is 0.410 e. The van der Waals surface area contributed by atoms with Crippen molar-refractivity contribution in [1.82, 2.24) is 4.90 Å². The van der Waals surface area contributed by atoms with Gasteiger partial charge in [0.2, 0.25) is 0 Å². The zero-order valence-corrected chi connectivity index (χ0v) is 11.4. The molecule has 0 aromatic heterocycles. The van der Waals surface area contributed by atoms with E-state index < -0.39 is 5.60 Å². The Bertz CT molecular complexity index is 330. The fourth-order valence-electron chi connectivity index (χ4n) is 1.94. The highest BCUT2D eigenvalue weighted by Gasteiger charge is 2.36. The number of carbonyl (C=O) groups excluding carboxylic acids is 1. The van der Waals surface area contributed by atoms with Gasteiger partial charge in [0.25, 0.3) is 0 Å². The third-order valence-corrected chi connectivity index (χ3v) is 2.71. The number of likely N-dealkylation sites (tertiary alicyclic amines) is 1. The number of ether oxygens (including phenoxy) is 1. The molecule has 0 atom stereocenters. The molecule has 1 rings (SSSR count). The second-order valence-corrected chi connectivity index (χ2v) is 6.45. The van der Waals surface area contributed by atoms with E-state index in [0.29, 0.717) is 19.0 Å². The molecule has 17 heavy (non-hydrogen) atoms. The highest BCUT2D eigenvalue weighted by molar-refractivity contribution is 5.69. The molecule has 0 unspecified atom stereocenters. The molecule has 0 bridgehead atoms. The van der Waals surface area contributed by atoms with Gasteiger partial charge in [-0.25, -0.2) is 4.79 Å². The zero-order valence-electron chi connectivity index (χ0n) is 11.4. The van der Waals surface area contributed by atoms with E-state index in [1.54, 1.807) is 4.90 Å². The van der Waals surface area contributed by atoms with Gasteiger partial charge in [-0.15, -0.1) is 0 Å². The van der Waals surface area contributed by atoms with Gasteiger partial charge in [0.15, 0.2) is 0 Å². The van der Waals surface area contributed by atoms with Crippen LogP contribution in [0.3, 0.4) is 0 Å². The lowest BCUT2D eigenvalue weighted by Crippen LogP contribution is -2.52. The number of nitrogens with zero attached hydrogens (tertiary/aromatic N) is 2. The number of amides is 1. The van der Waals surface area contributed by atoms with E-state index in [0.717, 1.165) is 6.42 Å². The van der Waals surface area contributed by atoms with Gasteiger partial charge in [-0.2, -0.15) is 5.26 Å². The predicted molar refractivity (Wildman–Crippen MR) is 65.3 cm³/mol. The van der Waals surface area contributed by atoms with Gasteiger partial charge in [0.05, 0.1) is 11.5 Å². The van der Waals surface area contributed by atoms with Crippen molar-refractivity contribution < 1.29 is 9.53 Å². The first kappa shape index (κ1) is 13.8. The largest absolute Gasteiger partial charge is 0.444 e. The van der Waals surface area contributed by atoms with Gasteiger partial charge in [-0.05, 0) is 47.0 Å². The number of rotatable bonds is 2. The molecule has 1 fully saturated rings. The fraction of sp³-hybridized carbons (Fsp3) is 0.846. The Kier molecular flexibility index (Phi) is 3.71. The zero-order chi connectivity index (χ0) is 13.3. The van der Waals surface area contributed by atoms with Gasteiger partial charge in [0.1, 0.15) is 5.60 Å². The molecule has 0 N–H and O–H groups in total. The van der Waals surface area contributed by atoms with E-state index in [4.69, 9.17) is 10.00 Å². The second-order valence-electron chi connectivity index (χ2n) is 6.45. The summed E-state index contributed by atoms with van der Waals surface area (Å²) in [5.41, 5.74) is -0.737. The average Bonchev–Trinajstić information content (AvgIpc) is 2.07. The summed E-state index contributed by atoms with van der Waals surface area (Å²) in [5.74, 6) is 0.428. The number of carbonyl (C=O) groups is 1. The molecule has 0 aliphatic carbocycles. The first-order valence-electron chi connectivity index (χ1n) is 6.02. The Labute approximate surface area is 104 Å². The van der Waals surface area contributed by atoms with Gasteiger partial charge in [0, 0.05) is 13.1 Å². The molecule has 0 spiro atoms. The lowest BCUT2D eigenvalue weighted by atomic mass is 9.81. The van der Waals surface area contributed by atoms with Gasteiger partial charge in [-0.1, -0.05) is 0 Å². The Balaban J connectivity index is 2.33. The Hall–Kier alpha value is -1.24. The molecule has 1 heterocycles. The molecule has 1 aliphatic rings. The Morgan fingerprint density at radius 1 is 1.35 bits per heavy atom. The van der Waals surface area contributed by atoms with Crippen molar-refractivity contribution in [2.24, 2.45) is 11.3 Å². The van der Waals surface area contributed by atoms with Crippen LogP contribution in [-0.4, -0.2) is 29.7 Å². The van der Waals surface area contributed by atoms with Crippen molar-refractivity contribution in [1.29, 1.82) is 5.26 Å². The fourth-order valence-corrected chi connectivity index (χ4v) is 1.94. The molecule has 4 nitrogen and oxygen atoms in total. The van der Waals surface area contributed by atoms with Crippen LogP contribution in [-0.2, 0) is 4.74 Å². The first-order valence-corrected chi connectivity index (χ1v) is 6.02. The third-order valence-electron chi connectivity index (χ3n) is 2.71. The van der Waals surface area contributed by atoms with Crippen molar-refractivity contribution in [2.45, 2.75) is 46.6 Å². The summed E-state index contributed by atoms with van der Waals surface area (Å²) < 4.78 is 5.27. The van der Waals surface area contributed by atoms with Crippen LogP contribution >= 0.6 is 0 Å². The number of hydrogen-bond donors (Lipinski definition) is 0. The van der Waals surface area contributed by atoms with Gasteiger partial charge >= 0.3 is 6.09 Å². The number of nitriles is 1. The summed E-state index contributed by atoms with van der Waals surface area (Å²) in [4.78, 5) is 13.4. The molecule has 1 amide bonds. The molecule has 96 valence electrons. The molecular weight excluding hydrogens is 216 g/mol. The van der Waals surface area contributed by atoms with Crippen LogP contribution in [0.5, 0.6) is 0 Å². The van der Waals surface area contributed by atoms with Crippen LogP contribution in [0.1, 0.15) is 41.0 Å². The van der Waals surface area contributed by atoms with E-state index in [1.807, 2.05) is 34.6 Å². The third kappa shape index (κ3) is 4.26. The number of hydrogen-bond acceptors (Lipinski definition) is 3. The summed E-state index contributed by atoms with van der Waals surface area (Å²) in [6, 6.07) is 2.29.